The van der Waals surface area contributed by atoms with Gasteiger partial charge in [0, 0.05) is 18.5 Å². The van der Waals surface area contributed by atoms with Gasteiger partial charge in [-0.25, -0.2) is 0 Å². The summed E-state index contributed by atoms with van der Waals surface area (Å²) in [5, 5.41) is 6.21. The van der Waals surface area contributed by atoms with Gasteiger partial charge in [0.25, 0.3) is 5.91 Å². The fourth-order valence-electron chi connectivity index (χ4n) is 0.982. The van der Waals surface area contributed by atoms with E-state index >= 15 is 0 Å². The van der Waals surface area contributed by atoms with Gasteiger partial charge in [-0.05, 0) is 13.3 Å². The van der Waals surface area contributed by atoms with Crippen LogP contribution in [0.3, 0.4) is 0 Å². The lowest BCUT2D eigenvalue weighted by atomic mass is 10.2. The molecule has 0 saturated heterocycles. The normalized spacial score (nSPS) is 9.43. The Labute approximate surface area is 82.7 Å². The van der Waals surface area contributed by atoms with E-state index in [4.69, 9.17) is 10.9 Å². The highest BCUT2D eigenvalue weighted by molar-refractivity contribution is 5.92. The second-order valence-electron chi connectivity index (χ2n) is 2.90. The molecule has 74 valence electrons. The number of hydrogen-bond donors (Lipinski definition) is 1. The zero-order valence-corrected chi connectivity index (χ0v) is 8.04. The summed E-state index contributed by atoms with van der Waals surface area (Å²) in [6, 6.07) is 0. The first-order valence-electron chi connectivity index (χ1n) is 4.38. The number of carbonyl (C=O) groups excluding carboxylic acids is 1. The van der Waals surface area contributed by atoms with E-state index in [9.17, 15) is 4.79 Å². The van der Waals surface area contributed by atoms with E-state index < -0.39 is 0 Å². The molecule has 1 aromatic heterocycles. The Morgan fingerprint density at radius 2 is 2.57 bits per heavy atom. The van der Waals surface area contributed by atoms with Crippen LogP contribution in [0.1, 0.15) is 29.0 Å². The summed E-state index contributed by atoms with van der Waals surface area (Å²) in [4.78, 5) is 11.4. The van der Waals surface area contributed by atoms with E-state index in [0.717, 1.165) is 12.0 Å². The summed E-state index contributed by atoms with van der Waals surface area (Å²) in [5.41, 5.74) is 0.736. The topological polar surface area (TPSA) is 55.1 Å². The van der Waals surface area contributed by atoms with Crippen LogP contribution in [0.25, 0.3) is 0 Å². The number of nitrogens with zero attached hydrogens (tertiary/aromatic N) is 1. The van der Waals surface area contributed by atoms with Crippen molar-refractivity contribution in [2.24, 2.45) is 0 Å². The third-order valence-electron chi connectivity index (χ3n) is 1.74. The van der Waals surface area contributed by atoms with Crippen LogP contribution < -0.4 is 5.32 Å². The minimum atomic E-state index is -0.239. The van der Waals surface area contributed by atoms with Crippen LogP contribution in [0.15, 0.2) is 10.7 Å². The Hall–Kier alpha value is -1.76. The zero-order chi connectivity index (χ0) is 10.4. The van der Waals surface area contributed by atoms with Gasteiger partial charge < -0.3 is 9.84 Å². The molecule has 1 rings (SSSR count). The largest absolute Gasteiger partial charge is 0.351 e. The highest BCUT2D eigenvalue weighted by atomic mass is 16.5. The second-order valence-corrected chi connectivity index (χ2v) is 2.90. The quantitative estimate of drug-likeness (QED) is 0.574. The lowest BCUT2D eigenvalue weighted by molar-refractivity contribution is 0.0915. The van der Waals surface area contributed by atoms with E-state index in [1.165, 1.54) is 6.20 Å². The SMILES string of the molecule is C#CCCCNC(=O)c1oncc1C. The molecule has 4 heteroatoms. The van der Waals surface area contributed by atoms with Gasteiger partial charge in [-0.15, -0.1) is 12.3 Å². The molecule has 1 N–H and O–H groups in total. The maximum absolute atomic E-state index is 11.4. The number of hydrogen-bond acceptors (Lipinski definition) is 3. The number of aromatic nitrogens is 1. The zero-order valence-electron chi connectivity index (χ0n) is 8.04. The predicted molar refractivity (Wildman–Crippen MR) is 51.6 cm³/mol. The Kier molecular flexibility index (Phi) is 3.74. The van der Waals surface area contributed by atoms with Gasteiger partial charge >= 0.3 is 0 Å². The first-order valence-corrected chi connectivity index (χ1v) is 4.38. The molecule has 0 radical (unpaired) electrons. The van der Waals surface area contributed by atoms with Crippen molar-refractivity contribution in [3.05, 3.63) is 17.5 Å². The lowest BCUT2D eigenvalue weighted by Gasteiger charge is -2.00. The van der Waals surface area contributed by atoms with Crippen molar-refractivity contribution in [2.45, 2.75) is 19.8 Å². The molecular weight excluding hydrogens is 180 g/mol. The minimum Gasteiger partial charge on any atom is -0.351 e. The number of nitrogens with one attached hydrogen (secondary N) is 1. The molecule has 0 unspecified atom stereocenters. The third kappa shape index (κ3) is 2.63. The summed E-state index contributed by atoms with van der Waals surface area (Å²) in [6.07, 6.45) is 8.02. The van der Waals surface area contributed by atoms with Gasteiger partial charge in [-0.2, -0.15) is 0 Å². The average molecular weight is 192 g/mol. The molecule has 0 aliphatic rings. The number of amides is 1. The lowest BCUT2D eigenvalue weighted by Crippen LogP contribution is -2.24. The van der Waals surface area contributed by atoms with Crippen molar-refractivity contribution in [3.8, 4) is 12.3 Å². The van der Waals surface area contributed by atoms with Crippen LogP contribution in [0.2, 0.25) is 0 Å². The van der Waals surface area contributed by atoms with Crippen LogP contribution in [0.5, 0.6) is 0 Å². The number of carbonyl (C=O) groups is 1. The van der Waals surface area contributed by atoms with Crippen LogP contribution in [0.4, 0.5) is 0 Å². The summed E-state index contributed by atoms with van der Waals surface area (Å²) in [7, 11) is 0. The summed E-state index contributed by atoms with van der Waals surface area (Å²) in [5.74, 6) is 2.53. The van der Waals surface area contributed by atoms with Gasteiger partial charge in [0.2, 0.25) is 5.76 Å². The first-order chi connectivity index (χ1) is 6.75. The van der Waals surface area contributed by atoms with E-state index in [1.54, 1.807) is 6.92 Å². The van der Waals surface area contributed by atoms with E-state index in [0.29, 0.717) is 13.0 Å². The number of rotatable bonds is 4. The molecule has 14 heavy (non-hydrogen) atoms. The van der Waals surface area contributed by atoms with E-state index in [1.807, 2.05) is 0 Å². The van der Waals surface area contributed by atoms with Gasteiger partial charge in [0.05, 0.1) is 6.20 Å². The fraction of sp³-hybridized carbons (Fsp3) is 0.400. The van der Waals surface area contributed by atoms with Crippen LogP contribution in [-0.2, 0) is 0 Å². The molecule has 1 amide bonds. The third-order valence-corrected chi connectivity index (χ3v) is 1.74. The van der Waals surface area contributed by atoms with Crippen LogP contribution in [0, 0.1) is 19.3 Å². The summed E-state index contributed by atoms with van der Waals surface area (Å²) in [6.45, 7) is 2.33. The van der Waals surface area contributed by atoms with Crippen molar-refractivity contribution >= 4 is 5.91 Å². The maximum atomic E-state index is 11.4. The van der Waals surface area contributed by atoms with Gasteiger partial charge in [0.1, 0.15) is 0 Å². The van der Waals surface area contributed by atoms with Gasteiger partial charge in [0.15, 0.2) is 0 Å². The van der Waals surface area contributed by atoms with Crippen molar-refractivity contribution in [3.63, 3.8) is 0 Å². The average Bonchev–Trinajstić information content (AvgIpc) is 2.59. The fourth-order valence-corrected chi connectivity index (χ4v) is 0.982. The van der Waals surface area contributed by atoms with E-state index in [2.05, 4.69) is 16.4 Å². The van der Waals surface area contributed by atoms with Crippen molar-refractivity contribution < 1.29 is 9.32 Å². The Morgan fingerprint density at radius 3 is 3.14 bits per heavy atom. The molecule has 0 bridgehead atoms. The standard InChI is InChI=1S/C10H12N2O2/c1-3-4-5-6-11-10(13)9-8(2)7-12-14-9/h1,7H,4-6H2,2H3,(H,11,13). The van der Waals surface area contributed by atoms with Crippen LogP contribution >= 0.6 is 0 Å². The molecule has 0 saturated carbocycles. The molecule has 1 heterocycles. The number of terminal acetylenes is 1. The monoisotopic (exact) mass is 192 g/mol. The smallest absolute Gasteiger partial charge is 0.290 e. The Balaban J connectivity index is 2.37. The molecule has 4 nitrogen and oxygen atoms in total. The molecule has 1 aromatic rings. The second kappa shape index (κ2) is 5.07. The molecule has 0 aromatic carbocycles. The molecule has 0 spiro atoms. The van der Waals surface area contributed by atoms with Crippen molar-refractivity contribution in [2.75, 3.05) is 6.54 Å². The minimum absolute atomic E-state index is 0.239. The maximum Gasteiger partial charge on any atom is 0.290 e. The highest BCUT2D eigenvalue weighted by Crippen LogP contribution is 2.04. The number of aryl methyl sites for hydroxylation is 1. The predicted octanol–water partition coefficient (Wildman–Crippen LogP) is 1.13. The number of unbranched alkanes of at least 4 members (excludes halogenated alkanes) is 1. The highest BCUT2D eigenvalue weighted by Gasteiger charge is 2.12. The summed E-state index contributed by atoms with van der Waals surface area (Å²) >= 11 is 0. The van der Waals surface area contributed by atoms with Crippen molar-refractivity contribution in [1.82, 2.24) is 10.5 Å². The molecule has 0 atom stereocenters. The molecule has 0 fully saturated rings. The van der Waals surface area contributed by atoms with E-state index in [-0.39, 0.29) is 11.7 Å². The summed E-state index contributed by atoms with van der Waals surface area (Å²) < 4.78 is 4.78. The Bertz CT molecular complexity index is 349. The first kappa shape index (κ1) is 10.3. The van der Waals surface area contributed by atoms with Crippen LogP contribution in [-0.4, -0.2) is 17.6 Å². The van der Waals surface area contributed by atoms with Gasteiger partial charge in [-0.3, -0.25) is 4.79 Å². The van der Waals surface area contributed by atoms with Gasteiger partial charge in [-0.1, -0.05) is 5.16 Å². The van der Waals surface area contributed by atoms with Crippen molar-refractivity contribution in [1.29, 1.82) is 0 Å². The Morgan fingerprint density at radius 1 is 1.79 bits per heavy atom. The molecule has 0 aliphatic carbocycles. The molecular formula is C10H12N2O2. The molecule has 0 aliphatic heterocycles.